The zero-order valence-electron chi connectivity index (χ0n) is 16.9. The predicted octanol–water partition coefficient (Wildman–Crippen LogP) is 1.21. The van der Waals surface area contributed by atoms with Gasteiger partial charge in [0.2, 0.25) is 5.91 Å². The summed E-state index contributed by atoms with van der Waals surface area (Å²) in [6, 6.07) is 7.91. The van der Waals surface area contributed by atoms with Crippen molar-refractivity contribution < 1.29 is 17.9 Å². The third-order valence-corrected chi connectivity index (χ3v) is 7.62. The second kappa shape index (κ2) is 8.06. The number of amides is 1. The molecule has 0 bridgehead atoms. The van der Waals surface area contributed by atoms with E-state index in [0.717, 1.165) is 16.5 Å². The van der Waals surface area contributed by atoms with Gasteiger partial charge in [0.15, 0.2) is 0 Å². The van der Waals surface area contributed by atoms with Gasteiger partial charge in [-0.25, -0.2) is 0 Å². The van der Waals surface area contributed by atoms with Gasteiger partial charge in [-0.05, 0) is 25.5 Å². The standard InChI is InChI=1S/C20H28N4O4S/c1-15-13-24(14-16(2)28-15)29(26,27)23-9-7-22(8-10-23)20(25)11-17-12-21-19-6-4-3-5-18(17)19/h3-6,12,15-16,21H,7-11,13-14H2,1-2H3/t15-,16+. The summed E-state index contributed by atoms with van der Waals surface area (Å²) in [5, 5.41) is 1.05. The second-order valence-electron chi connectivity index (χ2n) is 7.90. The number of piperazine rings is 1. The predicted molar refractivity (Wildman–Crippen MR) is 111 cm³/mol. The van der Waals surface area contributed by atoms with Crippen molar-refractivity contribution in [1.82, 2.24) is 18.5 Å². The van der Waals surface area contributed by atoms with E-state index in [4.69, 9.17) is 4.74 Å². The molecule has 2 fully saturated rings. The smallest absolute Gasteiger partial charge is 0.282 e. The summed E-state index contributed by atoms with van der Waals surface area (Å²) in [5.41, 5.74) is 1.98. The highest BCUT2D eigenvalue weighted by atomic mass is 32.2. The lowest BCUT2D eigenvalue weighted by Gasteiger charge is -2.40. The van der Waals surface area contributed by atoms with E-state index in [2.05, 4.69) is 4.98 Å². The average molecular weight is 421 g/mol. The van der Waals surface area contributed by atoms with Crippen molar-refractivity contribution in [3.05, 3.63) is 36.0 Å². The van der Waals surface area contributed by atoms with Crippen LogP contribution in [0.25, 0.3) is 10.9 Å². The Bertz CT molecular complexity index is 971. The van der Waals surface area contributed by atoms with Crippen molar-refractivity contribution in [1.29, 1.82) is 0 Å². The molecule has 1 N–H and O–H groups in total. The van der Waals surface area contributed by atoms with Crippen LogP contribution in [0.15, 0.2) is 30.5 Å². The van der Waals surface area contributed by atoms with E-state index in [1.807, 2.05) is 44.3 Å². The van der Waals surface area contributed by atoms with Crippen molar-refractivity contribution in [2.75, 3.05) is 39.3 Å². The van der Waals surface area contributed by atoms with Crippen LogP contribution in [-0.2, 0) is 26.2 Å². The zero-order chi connectivity index (χ0) is 20.6. The summed E-state index contributed by atoms with van der Waals surface area (Å²) in [6.07, 6.45) is 1.96. The van der Waals surface area contributed by atoms with Gasteiger partial charge in [0.25, 0.3) is 10.2 Å². The molecule has 0 unspecified atom stereocenters. The van der Waals surface area contributed by atoms with Gasteiger partial charge in [0.05, 0.1) is 18.6 Å². The number of H-pyrrole nitrogens is 1. The monoisotopic (exact) mass is 420 g/mol. The molecule has 29 heavy (non-hydrogen) atoms. The number of fused-ring (bicyclic) bond motifs is 1. The number of nitrogens with zero attached hydrogens (tertiary/aromatic N) is 3. The van der Waals surface area contributed by atoms with Gasteiger partial charge in [-0.3, -0.25) is 4.79 Å². The van der Waals surface area contributed by atoms with Crippen molar-refractivity contribution in [3.8, 4) is 0 Å². The quantitative estimate of drug-likeness (QED) is 0.806. The lowest BCUT2D eigenvalue weighted by molar-refractivity contribution is -0.131. The molecule has 2 aromatic rings. The number of aromatic amines is 1. The molecule has 3 heterocycles. The fraction of sp³-hybridized carbons (Fsp3) is 0.550. The fourth-order valence-corrected chi connectivity index (χ4v) is 5.95. The Morgan fingerprint density at radius 3 is 2.41 bits per heavy atom. The van der Waals surface area contributed by atoms with Gasteiger partial charge in [-0.1, -0.05) is 18.2 Å². The third kappa shape index (κ3) is 4.18. The molecule has 1 amide bonds. The summed E-state index contributed by atoms with van der Waals surface area (Å²) >= 11 is 0. The van der Waals surface area contributed by atoms with E-state index in [1.54, 1.807) is 4.90 Å². The highest BCUT2D eigenvalue weighted by molar-refractivity contribution is 7.86. The van der Waals surface area contributed by atoms with Crippen molar-refractivity contribution >= 4 is 27.0 Å². The lowest BCUT2D eigenvalue weighted by Crippen LogP contribution is -2.57. The number of para-hydroxylation sites is 1. The maximum atomic E-state index is 13.0. The van der Waals surface area contributed by atoms with Crippen molar-refractivity contribution in [2.24, 2.45) is 0 Å². The number of benzene rings is 1. The van der Waals surface area contributed by atoms with Crippen LogP contribution >= 0.6 is 0 Å². The molecule has 1 aromatic carbocycles. The third-order valence-electron chi connectivity index (χ3n) is 5.65. The molecule has 2 saturated heterocycles. The largest absolute Gasteiger partial charge is 0.373 e. The van der Waals surface area contributed by atoms with E-state index < -0.39 is 10.2 Å². The molecule has 2 aliphatic heterocycles. The molecular weight excluding hydrogens is 392 g/mol. The summed E-state index contributed by atoms with van der Waals surface area (Å²) in [4.78, 5) is 17.7. The maximum Gasteiger partial charge on any atom is 0.282 e. The summed E-state index contributed by atoms with van der Waals surface area (Å²) < 4.78 is 34.6. The molecule has 8 nitrogen and oxygen atoms in total. The summed E-state index contributed by atoms with van der Waals surface area (Å²) in [6.45, 7) is 5.98. The van der Waals surface area contributed by atoms with E-state index in [9.17, 15) is 13.2 Å². The minimum absolute atomic E-state index is 0.0282. The molecule has 1 aromatic heterocycles. The molecule has 0 aliphatic carbocycles. The SMILES string of the molecule is C[C@@H]1CN(S(=O)(=O)N2CCN(C(=O)Cc3c[nH]c4ccccc34)CC2)C[C@H](C)O1. The van der Waals surface area contributed by atoms with Crippen LogP contribution in [0.4, 0.5) is 0 Å². The van der Waals surface area contributed by atoms with Gasteiger partial charge in [0, 0.05) is 56.4 Å². The van der Waals surface area contributed by atoms with Crippen LogP contribution in [0.3, 0.4) is 0 Å². The molecule has 0 radical (unpaired) electrons. The van der Waals surface area contributed by atoms with Gasteiger partial charge >= 0.3 is 0 Å². The minimum Gasteiger partial charge on any atom is -0.373 e. The molecule has 2 aliphatic rings. The summed E-state index contributed by atoms with van der Waals surface area (Å²) in [5.74, 6) is 0.0282. The van der Waals surface area contributed by atoms with Gasteiger partial charge in [-0.2, -0.15) is 17.0 Å². The number of aromatic nitrogens is 1. The number of morpholine rings is 1. The number of hydrogen-bond donors (Lipinski definition) is 1. The molecule has 158 valence electrons. The minimum atomic E-state index is -3.54. The van der Waals surface area contributed by atoms with Crippen LogP contribution in [0.1, 0.15) is 19.4 Å². The molecule has 4 rings (SSSR count). The van der Waals surface area contributed by atoms with Gasteiger partial charge < -0.3 is 14.6 Å². The van der Waals surface area contributed by atoms with E-state index in [0.29, 0.717) is 45.7 Å². The Morgan fingerprint density at radius 2 is 1.72 bits per heavy atom. The highest BCUT2D eigenvalue weighted by Crippen LogP contribution is 2.21. The number of rotatable bonds is 4. The Morgan fingerprint density at radius 1 is 1.07 bits per heavy atom. The van der Waals surface area contributed by atoms with Crippen LogP contribution in [0.2, 0.25) is 0 Å². The molecule has 0 saturated carbocycles. The van der Waals surface area contributed by atoms with Crippen molar-refractivity contribution in [2.45, 2.75) is 32.5 Å². The number of carbonyl (C=O) groups is 1. The highest BCUT2D eigenvalue weighted by Gasteiger charge is 2.37. The topological polar surface area (TPSA) is 86.0 Å². The number of carbonyl (C=O) groups excluding carboxylic acids is 1. The van der Waals surface area contributed by atoms with Crippen LogP contribution in [0.5, 0.6) is 0 Å². The van der Waals surface area contributed by atoms with Crippen LogP contribution in [-0.4, -0.2) is 84.3 Å². The number of ether oxygens (including phenoxy) is 1. The normalized spacial score (nSPS) is 24.8. The zero-order valence-corrected chi connectivity index (χ0v) is 17.7. The number of nitrogens with one attached hydrogen (secondary N) is 1. The summed E-state index contributed by atoms with van der Waals surface area (Å²) in [7, 11) is -3.54. The Hall–Kier alpha value is -1.94. The van der Waals surface area contributed by atoms with E-state index >= 15 is 0 Å². The van der Waals surface area contributed by atoms with Gasteiger partial charge in [-0.15, -0.1) is 0 Å². The molecule has 2 atom stereocenters. The first-order chi connectivity index (χ1) is 13.8. The first-order valence-corrected chi connectivity index (χ1v) is 11.5. The van der Waals surface area contributed by atoms with Crippen LogP contribution < -0.4 is 0 Å². The van der Waals surface area contributed by atoms with E-state index in [-0.39, 0.29) is 18.1 Å². The lowest BCUT2D eigenvalue weighted by atomic mass is 10.1. The van der Waals surface area contributed by atoms with Gasteiger partial charge in [0.1, 0.15) is 0 Å². The number of hydrogen-bond acceptors (Lipinski definition) is 4. The average Bonchev–Trinajstić information content (AvgIpc) is 3.10. The first kappa shape index (κ1) is 20.3. The van der Waals surface area contributed by atoms with Crippen LogP contribution in [0, 0.1) is 0 Å². The van der Waals surface area contributed by atoms with Crippen molar-refractivity contribution in [3.63, 3.8) is 0 Å². The Kier molecular flexibility index (Phi) is 5.65. The molecular formula is C20H28N4O4S. The molecule has 0 spiro atoms. The second-order valence-corrected chi connectivity index (χ2v) is 9.83. The molecule has 9 heteroatoms. The maximum absolute atomic E-state index is 13.0. The fourth-order valence-electron chi connectivity index (χ4n) is 4.20. The first-order valence-electron chi connectivity index (χ1n) is 10.1. The van der Waals surface area contributed by atoms with E-state index in [1.165, 1.54) is 8.61 Å². The Balaban J connectivity index is 1.37. The Labute approximate surface area is 171 Å².